The average molecular weight is 353 g/mol. The van der Waals surface area contributed by atoms with Gasteiger partial charge in [-0.3, -0.25) is 9.71 Å². The lowest BCUT2D eigenvalue weighted by Crippen LogP contribution is -2.15. The number of hydrogen-bond donors (Lipinski definition) is 1. The standard InChI is InChI=1S/C11H8Cl3N3O2S/c1-6-8(13)4-9(14)11(16-6)17-20(18,19)10-5-15-3-2-7(10)12/h2-5H,1H3,(H,16,17). The van der Waals surface area contributed by atoms with Gasteiger partial charge in [-0.1, -0.05) is 34.8 Å². The van der Waals surface area contributed by atoms with Crippen LogP contribution in [0.5, 0.6) is 0 Å². The van der Waals surface area contributed by atoms with E-state index >= 15 is 0 Å². The average Bonchev–Trinajstić information content (AvgIpc) is 2.36. The first kappa shape index (κ1) is 15.3. The van der Waals surface area contributed by atoms with E-state index < -0.39 is 10.0 Å². The second kappa shape index (κ2) is 5.73. The molecule has 1 N–H and O–H groups in total. The fourth-order valence-electron chi connectivity index (χ4n) is 1.37. The van der Waals surface area contributed by atoms with Gasteiger partial charge in [0, 0.05) is 12.4 Å². The number of halogens is 3. The number of hydrogen-bond acceptors (Lipinski definition) is 4. The molecule has 0 radical (unpaired) electrons. The van der Waals surface area contributed by atoms with Crippen LogP contribution >= 0.6 is 34.8 Å². The van der Waals surface area contributed by atoms with Gasteiger partial charge in [-0.2, -0.15) is 0 Å². The number of anilines is 1. The minimum atomic E-state index is -3.93. The molecule has 2 aromatic heterocycles. The van der Waals surface area contributed by atoms with Gasteiger partial charge in [-0.05, 0) is 19.1 Å². The molecule has 2 aromatic rings. The maximum atomic E-state index is 12.2. The van der Waals surface area contributed by atoms with E-state index in [0.29, 0.717) is 10.7 Å². The third-order valence-electron chi connectivity index (χ3n) is 2.36. The molecular formula is C11H8Cl3N3O2S. The summed E-state index contributed by atoms with van der Waals surface area (Å²) in [5, 5.41) is 0.482. The molecule has 20 heavy (non-hydrogen) atoms. The van der Waals surface area contributed by atoms with Crippen molar-refractivity contribution in [1.82, 2.24) is 9.97 Å². The molecule has 2 rings (SSSR count). The Bertz CT molecular complexity index is 766. The molecule has 0 atom stereocenters. The molecule has 0 saturated heterocycles. The van der Waals surface area contributed by atoms with Crippen molar-refractivity contribution in [3.05, 3.63) is 45.3 Å². The number of nitrogens with one attached hydrogen (secondary N) is 1. The largest absolute Gasteiger partial charge is 0.266 e. The maximum absolute atomic E-state index is 12.2. The molecule has 5 nitrogen and oxygen atoms in total. The number of aromatic nitrogens is 2. The van der Waals surface area contributed by atoms with Gasteiger partial charge < -0.3 is 0 Å². The summed E-state index contributed by atoms with van der Waals surface area (Å²) in [6.07, 6.45) is 2.53. The highest BCUT2D eigenvalue weighted by molar-refractivity contribution is 7.92. The predicted octanol–water partition coefficient (Wildman–Crippen LogP) is 3.55. The summed E-state index contributed by atoms with van der Waals surface area (Å²) in [6, 6.07) is 2.78. The first-order valence-electron chi connectivity index (χ1n) is 5.26. The summed E-state index contributed by atoms with van der Waals surface area (Å²) >= 11 is 17.6. The Kier molecular flexibility index (Phi) is 4.39. The number of pyridine rings is 2. The van der Waals surface area contributed by atoms with E-state index in [4.69, 9.17) is 34.8 Å². The van der Waals surface area contributed by atoms with Gasteiger partial charge in [-0.15, -0.1) is 0 Å². The van der Waals surface area contributed by atoms with E-state index in [1.54, 1.807) is 6.92 Å². The zero-order chi connectivity index (χ0) is 14.9. The summed E-state index contributed by atoms with van der Waals surface area (Å²) in [7, 11) is -3.93. The van der Waals surface area contributed by atoms with E-state index in [1.807, 2.05) is 0 Å². The highest BCUT2D eigenvalue weighted by Gasteiger charge is 2.20. The van der Waals surface area contributed by atoms with Crippen LogP contribution in [0.25, 0.3) is 0 Å². The molecule has 0 fully saturated rings. The van der Waals surface area contributed by atoms with Crippen LogP contribution < -0.4 is 4.72 Å². The van der Waals surface area contributed by atoms with Crippen molar-refractivity contribution in [3.8, 4) is 0 Å². The van der Waals surface area contributed by atoms with Crippen LogP contribution in [0.1, 0.15) is 5.69 Å². The van der Waals surface area contributed by atoms with Crippen molar-refractivity contribution in [2.45, 2.75) is 11.8 Å². The zero-order valence-electron chi connectivity index (χ0n) is 10.1. The highest BCUT2D eigenvalue weighted by Crippen LogP contribution is 2.28. The first-order valence-corrected chi connectivity index (χ1v) is 7.88. The van der Waals surface area contributed by atoms with Crippen molar-refractivity contribution >= 4 is 50.6 Å². The summed E-state index contributed by atoms with van der Waals surface area (Å²) < 4.78 is 26.7. The predicted molar refractivity (Wildman–Crippen MR) is 79.0 cm³/mol. The number of sulfonamides is 1. The van der Waals surface area contributed by atoms with Gasteiger partial charge in [0.25, 0.3) is 10.0 Å². The van der Waals surface area contributed by atoms with Gasteiger partial charge >= 0.3 is 0 Å². The number of rotatable bonds is 3. The Labute approximate surface area is 131 Å². The Morgan fingerprint density at radius 2 is 1.85 bits per heavy atom. The zero-order valence-corrected chi connectivity index (χ0v) is 13.1. The van der Waals surface area contributed by atoms with Crippen LogP contribution in [0.2, 0.25) is 15.1 Å². The second-order valence-corrected chi connectivity index (χ2v) is 6.67. The molecular weight excluding hydrogens is 345 g/mol. The van der Waals surface area contributed by atoms with Crippen LogP contribution in [-0.2, 0) is 10.0 Å². The number of nitrogens with zero attached hydrogens (tertiary/aromatic N) is 2. The molecule has 0 unspecified atom stereocenters. The van der Waals surface area contributed by atoms with Crippen molar-refractivity contribution in [2.75, 3.05) is 4.72 Å². The molecule has 0 saturated carbocycles. The summed E-state index contributed by atoms with van der Waals surface area (Å²) in [4.78, 5) is 7.56. The summed E-state index contributed by atoms with van der Waals surface area (Å²) in [6.45, 7) is 1.63. The van der Waals surface area contributed by atoms with Gasteiger partial charge in [-0.25, -0.2) is 13.4 Å². The fourth-order valence-corrected chi connectivity index (χ4v) is 3.29. The first-order chi connectivity index (χ1) is 9.31. The van der Waals surface area contributed by atoms with Crippen molar-refractivity contribution in [1.29, 1.82) is 0 Å². The minimum Gasteiger partial charge on any atom is -0.263 e. The van der Waals surface area contributed by atoms with Gasteiger partial charge in [0.05, 0.1) is 20.8 Å². The lowest BCUT2D eigenvalue weighted by atomic mass is 10.4. The molecule has 0 aliphatic carbocycles. The van der Waals surface area contributed by atoms with Crippen molar-refractivity contribution in [3.63, 3.8) is 0 Å². The van der Waals surface area contributed by atoms with Crippen LogP contribution in [0, 0.1) is 6.92 Å². The van der Waals surface area contributed by atoms with Crippen LogP contribution in [0.4, 0.5) is 5.82 Å². The molecule has 0 aliphatic heterocycles. The minimum absolute atomic E-state index is 0.0199. The molecule has 9 heteroatoms. The Morgan fingerprint density at radius 1 is 1.15 bits per heavy atom. The summed E-state index contributed by atoms with van der Waals surface area (Å²) in [5.41, 5.74) is 0.450. The van der Waals surface area contributed by atoms with Crippen molar-refractivity contribution < 1.29 is 8.42 Å². The number of aryl methyl sites for hydroxylation is 1. The van der Waals surface area contributed by atoms with E-state index in [-0.39, 0.29) is 20.8 Å². The lowest BCUT2D eigenvalue weighted by Gasteiger charge is -2.10. The third-order valence-corrected chi connectivity index (χ3v) is 4.84. The Balaban J connectivity index is 2.44. The molecule has 2 heterocycles. The lowest BCUT2D eigenvalue weighted by molar-refractivity contribution is 0.600. The monoisotopic (exact) mass is 351 g/mol. The van der Waals surface area contributed by atoms with E-state index in [0.717, 1.165) is 6.20 Å². The van der Waals surface area contributed by atoms with Crippen LogP contribution in [-0.4, -0.2) is 18.4 Å². The SMILES string of the molecule is Cc1nc(NS(=O)(=O)c2cnccc2Cl)c(Cl)cc1Cl. The van der Waals surface area contributed by atoms with Gasteiger partial charge in [0.2, 0.25) is 0 Å². The molecule has 106 valence electrons. The molecule has 0 bridgehead atoms. The van der Waals surface area contributed by atoms with Gasteiger partial charge in [0.15, 0.2) is 5.82 Å². The molecule has 0 aliphatic rings. The normalized spacial score (nSPS) is 11.4. The van der Waals surface area contributed by atoms with E-state index in [2.05, 4.69) is 14.7 Å². The second-order valence-electron chi connectivity index (χ2n) is 3.80. The summed E-state index contributed by atoms with van der Waals surface area (Å²) in [5.74, 6) is -0.0199. The third kappa shape index (κ3) is 3.15. The molecule has 0 amide bonds. The molecule has 0 aromatic carbocycles. The molecule has 0 spiro atoms. The van der Waals surface area contributed by atoms with Crippen LogP contribution in [0.3, 0.4) is 0 Å². The topological polar surface area (TPSA) is 72.0 Å². The maximum Gasteiger partial charge on any atom is 0.266 e. The smallest absolute Gasteiger partial charge is 0.263 e. The highest BCUT2D eigenvalue weighted by atomic mass is 35.5. The van der Waals surface area contributed by atoms with Gasteiger partial charge in [0.1, 0.15) is 4.90 Å². The van der Waals surface area contributed by atoms with Crippen molar-refractivity contribution in [2.24, 2.45) is 0 Å². The fraction of sp³-hybridized carbons (Fsp3) is 0.0909. The Morgan fingerprint density at radius 3 is 2.50 bits per heavy atom. The van der Waals surface area contributed by atoms with Crippen LogP contribution in [0.15, 0.2) is 29.4 Å². The van der Waals surface area contributed by atoms with E-state index in [9.17, 15) is 8.42 Å². The quantitative estimate of drug-likeness (QED) is 0.917. The van der Waals surface area contributed by atoms with E-state index in [1.165, 1.54) is 18.3 Å². The Hall–Kier alpha value is -1.08.